The summed E-state index contributed by atoms with van der Waals surface area (Å²) in [7, 11) is -3.36. The second-order valence-electron chi connectivity index (χ2n) is 4.35. The van der Waals surface area contributed by atoms with Crippen molar-refractivity contribution in [1.82, 2.24) is 0 Å². The Morgan fingerprint density at radius 3 is 1.78 bits per heavy atom. The highest BCUT2D eigenvalue weighted by Gasteiger charge is 2.47. The van der Waals surface area contributed by atoms with Crippen molar-refractivity contribution in [1.29, 1.82) is 0 Å². The summed E-state index contributed by atoms with van der Waals surface area (Å²) in [4.78, 5) is 0. The van der Waals surface area contributed by atoms with Gasteiger partial charge < -0.3 is 13.3 Å². The van der Waals surface area contributed by atoms with Crippen LogP contribution in [0.25, 0.3) is 0 Å². The van der Waals surface area contributed by atoms with Gasteiger partial charge in [-0.2, -0.15) is 0 Å². The van der Waals surface area contributed by atoms with Crippen molar-refractivity contribution < 1.29 is 35.6 Å². The van der Waals surface area contributed by atoms with Crippen LogP contribution in [0.2, 0.25) is 19.6 Å². The van der Waals surface area contributed by atoms with Crippen molar-refractivity contribution in [2.24, 2.45) is 0 Å². The minimum Gasteiger partial charge on any atom is -0.353 e. The Morgan fingerprint density at radius 2 is 1.44 bits per heavy atom. The van der Waals surface area contributed by atoms with E-state index in [-0.39, 0.29) is 0 Å². The van der Waals surface area contributed by atoms with E-state index in [1.165, 1.54) is 14.2 Å². The third-order valence-electron chi connectivity index (χ3n) is 1.59. The molecule has 0 aromatic carbocycles. The van der Waals surface area contributed by atoms with Crippen LogP contribution in [-0.4, -0.2) is 50.8 Å². The molecule has 0 rings (SSSR count). The second-order valence-corrected chi connectivity index (χ2v) is 11.0. The van der Waals surface area contributed by atoms with E-state index < -0.39 is 36.6 Å². The Bertz CT molecular complexity index is 235. The fourth-order valence-corrected chi connectivity index (χ4v) is 3.08. The molecule has 0 saturated carbocycles. The van der Waals surface area contributed by atoms with Gasteiger partial charge in [0, 0.05) is 14.2 Å². The van der Waals surface area contributed by atoms with Crippen LogP contribution >= 0.6 is 0 Å². The standard InChI is InChI=1S/C8H19F3O5Si2/c1-12-18(13-2,16-15-17(3,4)5)14-6-7(9)8(10)11/h7-8H,6H2,1-5H3. The van der Waals surface area contributed by atoms with Crippen molar-refractivity contribution in [2.45, 2.75) is 32.2 Å². The van der Waals surface area contributed by atoms with Gasteiger partial charge in [0.05, 0.1) is 6.61 Å². The van der Waals surface area contributed by atoms with E-state index in [9.17, 15) is 13.2 Å². The summed E-state index contributed by atoms with van der Waals surface area (Å²) in [6.07, 6.45) is -5.57. The lowest BCUT2D eigenvalue weighted by Crippen LogP contribution is -2.50. The third-order valence-corrected chi connectivity index (χ3v) is 4.14. The molecule has 18 heavy (non-hydrogen) atoms. The Hall–Kier alpha value is 0.0238. The molecule has 0 fully saturated rings. The Balaban J connectivity index is 4.42. The van der Waals surface area contributed by atoms with Crippen LogP contribution in [0, 0.1) is 0 Å². The number of halogens is 3. The first-order chi connectivity index (χ1) is 8.16. The number of hydrogen-bond acceptors (Lipinski definition) is 5. The fourth-order valence-electron chi connectivity index (χ4n) is 0.724. The zero-order valence-corrected chi connectivity index (χ0v) is 13.0. The largest absolute Gasteiger partial charge is 0.706 e. The summed E-state index contributed by atoms with van der Waals surface area (Å²) >= 11 is 0. The number of hydrogen-bond donors (Lipinski definition) is 0. The Morgan fingerprint density at radius 1 is 0.944 bits per heavy atom. The molecule has 0 N–H and O–H groups in total. The SMILES string of the molecule is CO[Si](OC)(OCC(F)C(F)F)OO[Si](C)(C)C. The first kappa shape index (κ1) is 18.0. The molecule has 0 saturated heterocycles. The van der Waals surface area contributed by atoms with E-state index in [4.69, 9.17) is 22.4 Å². The van der Waals surface area contributed by atoms with E-state index in [2.05, 4.69) is 0 Å². The van der Waals surface area contributed by atoms with E-state index >= 15 is 0 Å². The van der Waals surface area contributed by atoms with Crippen LogP contribution in [-0.2, 0) is 22.4 Å². The Kier molecular flexibility index (Phi) is 7.58. The van der Waals surface area contributed by atoms with Gasteiger partial charge in [0.1, 0.15) is 0 Å². The summed E-state index contributed by atoms with van der Waals surface area (Å²) < 4.78 is 61.4. The molecule has 0 amide bonds. The summed E-state index contributed by atoms with van der Waals surface area (Å²) in [5, 5.41) is 0. The predicted molar refractivity (Wildman–Crippen MR) is 62.1 cm³/mol. The summed E-state index contributed by atoms with van der Waals surface area (Å²) in [6.45, 7) is 4.60. The quantitative estimate of drug-likeness (QED) is 0.371. The molecule has 0 aromatic heterocycles. The molecule has 0 aliphatic rings. The van der Waals surface area contributed by atoms with Crippen LogP contribution in [0.5, 0.6) is 0 Å². The van der Waals surface area contributed by atoms with Crippen LogP contribution < -0.4 is 0 Å². The smallest absolute Gasteiger partial charge is 0.353 e. The average Bonchev–Trinajstić information content (AvgIpc) is 2.28. The maximum absolute atomic E-state index is 12.8. The molecule has 110 valence electrons. The first-order valence-corrected chi connectivity index (χ1v) is 10.2. The molecule has 1 atom stereocenters. The second kappa shape index (κ2) is 7.57. The van der Waals surface area contributed by atoms with Crippen molar-refractivity contribution in [3.05, 3.63) is 0 Å². The van der Waals surface area contributed by atoms with Gasteiger partial charge in [-0.1, -0.05) is 0 Å². The van der Waals surface area contributed by atoms with Crippen molar-refractivity contribution in [3.8, 4) is 0 Å². The van der Waals surface area contributed by atoms with E-state index in [0.717, 1.165) is 0 Å². The van der Waals surface area contributed by atoms with E-state index in [1.807, 2.05) is 19.6 Å². The molecule has 0 bridgehead atoms. The fraction of sp³-hybridized carbons (Fsp3) is 1.00. The average molecular weight is 308 g/mol. The number of alkyl halides is 3. The summed E-state index contributed by atoms with van der Waals surface area (Å²) in [5.41, 5.74) is 0. The summed E-state index contributed by atoms with van der Waals surface area (Å²) in [6, 6.07) is 0. The van der Waals surface area contributed by atoms with Gasteiger partial charge in [-0.15, -0.1) is 0 Å². The molecule has 0 aromatic rings. The lowest BCUT2D eigenvalue weighted by Gasteiger charge is -2.27. The lowest BCUT2D eigenvalue weighted by molar-refractivity contribution is -0.205. The highest BCUT2D eigenvalue weighted by molar-refractivity contribution is 6.70. The monoisotopic (exact) mass is 308 g/mol. The van der Waals surface area contributed by atoms with E-state index in [1.54, 1.807) is 0 Å². The van der Waals surface area contributed by atoms with Crippen LogP contribution in [0.4, 0.5) is 13.2 Å². The molecule has 5 nitrogen and oxygen atoms in total. The van der Waals surface area contributed by atoms with Crippen molar-refractivity contribution in [3.63, 3.8) is 0 Å². The molecule has 0 spiro atoms. The van der Waals surface area contributed by atoms with Gasteiger partial charge in [-0.3, -0.25) is 4.58 Å². The van der Waals surface area contributed by atoms with Gasteiger partial charge in [0.2, 0.25) is 8.32 Å². The van der Waals surface area contributed by atoms with Gasteiger partial charge >= 0.3 is 9.05 Å². The first-order valence-electron chi connectivity index (χ1n) is 5.19. The highest BCUT2D eigenvalue weighted by Crippen LogP contribution is 2.16. The van der Waals surface area contributed by atoms with E-state index in [0.29, 0.717) is 0 Å². The molecule has 0 aliphatic carbocycles. The maximum atomic E-state index is 12.8. The molecule has 0 heterocycles. The van der Waals surface area contributed by atoms with Crippen LogP contribution in [0.1, 0.15) is 0 Å². The van der Waals surface area contributed by atoms with Crippen molar-refractivity contribution in [2.75, 3.05) is 20.8 Å². The topological polar surface area (TPSA) is 46.2 Å². The third kappa shape index (κ3) is 6.82. The zero-order chi connectivity index (χ0) is 14.4. The molecular weight excluding hydrogens is 289 g/mol. The van der Waals surface area contributed by atoms with Crippen LogP contribution in [0.3, 0.4) is 0 Å². The molecule has 0 aliphatic heterocycles. The zero-order valence-electron chi connectivity index (χ0n) is 11.0. The Labute approximate surface area is 107 Å². The lowest BCUT2D eigenvalue weighted by atomic mass is 10.4. The molecule has 10 heteroatoms. The molecule has 1 unspecified atom stereocenters. The minimum absolute atomic E-state index is 0.888. The van der Waals surface area contributed by atoms with Gasteiger partial charge in [0.25, 0.3) is 6.43 Å². The van der Waals surface area contributed by atoms with Gasteiger partial charge in [0.15, 0.2) is 6.17 Å². The van der Waals surface area contributed by atoms with Gasteiger partial charge in [-0.05, 0) is 19.6 Å². The molecular formula is C8H19F3O5Si2. The summed E-state index contributed by atoms with van der Waals surface area (Å²) in [5.74, 6) is 0. The minimum atomic E-state index is -3.72. The number of rotatable bonds is 9. The van der Waals surface area contributed by atoms with Crippen LogP contribution in [0.15, 0.2) is 0 Å². The highest BCUT2D eigenvalue weighted by atomic mass is 28.4. The molecule has 0 radical (unpaired) electrons. The van der Waals surface area contributed by atoms with Gasteiger partial charge in [-0.25, -0.2) is 17.7 Å². The normalized spacial score (nSPS) is 15.2. The van der Waals surface area contributed by atoms with Crippen molar-refractivity contribution >= 4 is 17.4 Å². The maximum Gasteiger partial charge on any atom is 0.706 e. The predicted octanol–water partition coefficient (Wildman–Crippen LogP) is 2.12.